The average molecular weight is 746 g/mol. The van der Waals surface area contributed by atoms with Gasteiger partial charge in [0.15, 0.2) is 6.10 Å². The van der Waals surface area contributed by atoms with Gasteiger partial charge in [0.2, 0.25) is 0 Å². The summed E-state index contributed by atoms with van der Waals surface area (Å²) in [4.78, 5) is 37.4. The summed E-state index contributed by atoms with van der Waals surface area (Å²) >= 11 is 0. The first kappa shape index (κ1) is 49.8. The molecule has 302 valence electrons. The summed E-state index contributed by atoms with van der Waals surface area (Å²) in [7, 11) is 1.16. The van der Waals surface area contributed by atoms with Crippen LogP contribution in [-0.2, 0) is 32.7 Å². The third kappa shape index (κ3) is 38.3. The van der Waals surface area contributed by atoms with Crippen LogP contribution in [0.5, 0.6) is 0 Å². The van der Waals surface area contributed by atoms with Gasteiger partial charge in [0, 0.05) is 12.8 Å². The highest BCUT2D eigenvalue weighted by Crippen LogP contribution is 2.38. The van der Waals surface area contributed by atoms with Crippen molar-refractivity contribution >= 4 is 19.8 Å². The summed E-state index contributed by atoms with van der Waals surface area (Å²) in [5, 5.41) is 0. The normalized spacial score (nSPS) is 13.8. The molecule has 1 unspecified atom stereocenters. The minimum Gasteiger partial charge on any atom is -0.756 e. The molecule has 0 heterocycles. The lowest BCUT2D eigenvalue weighted by Gasteiger charge is -2.28. The van der Waals surface area contributed by atoms with E-state index in [0.29, 0.717) is 17.4 Å². The number of likely N-dealkylation sites (N-methyl/N-ethyl adjacent to an activating group) is 1. The third-order valence-electron chi connectivity index (χ3n) is 9.04. The van der Waals surface area contributed by atoms with Gasteiger partial charge in [-0.05, 0) is 38.5 Å². The number of carbonyl (C=O) groups is 2. The molecule has 0 aromatic heterocycles. The fourth-order valence-electron chi connectivity index (χ4n) is 5.71. The summed E-state index contributed by atoms with van der Waals surface area (Å²) < 4.78 is 33.8. The molecule has 2 atom stereocenters. The Balaban J connectivity index is 4.41. The molecule has 0 saturated heterocycles. The molecule has 0 bridgehead atoms. The van der Waals surface area contributed by atoms with Crippen LogP contribution in [0, 0.1) is 0 Å². The first-order valence-electron chi connectivity index (χ1n) is 20.9. The lowest BCUT2D eigenvalue weighted by atomic mass is 10.0. The molecule has 0 fully saturated rings. The molecule has 51 heavy (non-hydrogen) atoms. The monoisotopic (exact) mass is 746 g/mol. The van der Waals surface area contributed by atoms with Crippen molar-refractivity contribution in [3.8, 4) is 0 Å². The summed E-state index contributed by atoms with van der Waals surface area (Å²) in [5.41, 5.74) is 0. The van der Waals surface area contributed by atoms with Gasteiger partial charge in [0.1, 0.15) is 19.8 Å². The fraction of sp³-hybridized carbons (Fsp3) is 0.902. The van der Waals surface area contributed by atoms with Crippen molar-refractivity contribution in [1.82, 2.24) is 0 Å². The zero-order valence-corrected chi connectivity index (χ0v) is 34.7. The lowest BCUT2D eigenvalue weighted by molar-refractivity contribution is -0.870. The number of quaternary nitrogens is 1. The number of allylic oxidation sites excluding steroid dienone is 2. The molecule has 0 aliphatic rings. The van der Waals surface area contributed by atoms with Crippen LogP contribution in [-0.4, -0.2) is 70.0 Å². The van der Waals surface area contributed by atoms with Crippen molar-refractivity contribution in [1.29, 1.82) is 0 Å². The Labute approximate surface area is 314 Å². The standard InChI is InChI=1S/C41H80NO8P/c1-6-8-10-12-14-16-18-20-21-22-24-26-28-30-32-34-41(44)50-39(38-49-51(45,46)48-36-35-42(3,4)5)37-47-40(43)33-31-29-27-25-23-19-17-15-13-11-9-7-2/h24,26,39H,6-23,25,27-38H2,1-5H3/b26-24+/t39-/m1/s1. The minimum atomic E-state index is -4.62. The highest BCUT2D eigenvalue weighted by atomic mass is 31.2. The van der Waals surface area contributed by atoms with Crippen molar-refractivity contribution in [2.75, 3.05) is 47.5 Å². The Kier molecular flexibility index (Phi) is 33.7. The maximum Gasteiger partial charge on any atom is 0.306 e. The molecule has 9 nitrogen and oxygen atoms in total. The highest BCUT2D eigenvalue weighted by Gasteiger charge is 2.21. The van der Waals surface area contributed by atoms with Gasteiger partial charge in [-0.25, -0.2) is 0 Å². The number of phosphoric ester groups is 1. The molecule has 0 aromatic rings. The van der Waals surface area contributed by atoms with Gasteiger partial charge < -0.3 is 27.9 Å². The number of esters is 2. The Morgan fingerprint density at radius 2 is 1.00 bits per heavy atom. The number of ether oxygens (including phenoxy) is 2. The number of nitrogens with zero attached hydrogens (tertiary/aromatic N) is 1. The van der Waals surface area contributed by atoms with E-state index in [2.05, 4.69) is 26.0 Å². The van der Waals surface area contributed by atoms with Crippen LogP contribution in [0.25, 0.3) is 0 Å². The predicted molar refractivity (Wildman–Crippen MR) is 208 cm³/mol. The highest BCUT2D eigenvalue weighted by molar-refractivity contribution is 7.45. The van der Waals surface area contributed by atoms with Crippen LogP contribution in [0.4, 0.5) is 0 Å². The van der Waals surface area contributed by atoms with E-state index >= 15 is 0 Å². The van der Waals surface area contributed by atoms with Gasteiger partial charge in [-0.1, -0.05) is 148 Å². The van der Waals surface area contributed by atoms with E-state index in [-0.39, 0.29) is 32.0 Å². The predicted octanol–water partition coefficient (Wildman–Crippen LogP) is 10.8. The summed E-state index contributed by atoms with van der Waals surface area (Å²) in [6, 6.07) is 0. The first-order chi connectivity index (χ1) is 24.5. The number of unbranched alkanes of at least 4 members (excludes halogenated alkanes) is 22. The molecule has 0 radical (unpaired) electrons. The van der Waals surface area contributed by atoms with Gasteiger partial charge in [0.25, 0.3) is 7.82 Å². The summed E-state index contributed by atoms with van der Waals surface area (Å²) in [6.07, 6.45) is 33.8. The van der Waals surface area contributed by atoms with Crippen molar-refractivity contribution in [3.05, 3.63) is 12.2 Å². The molecule has 0 N–H and O–H groups in total. The third-order valence-corrected chi connectivity index (χ3v) is 10.00. The Bertz CT molecular complexity index is 891. The van der Waals surface area contributed by atoms with Gasteiger partial charge in [-0.15, -0.1) is 0 Å². The van der Waals surface area contributed by atoms with Crippen molar-refractivity contribution in [3.63, 3.8) is 0 Å². The van der Waals surface area contributed by atoms with Crippen LogP contribution >= 0.6 is 7.82 Å². The SMILES string of the molecule is CCCCCCCCCCC/C=C/CCCCC(=O)O[C@H](COC(=O)CCCCCCCCCCCCCC)COP(=O)([O-])OCC[N+](C)(C)C. The number of rotatable bonds is 38. The molecule has 0 aliphatic carbocycles. The van der Waals surface area contributed by atoms with Crippen LogP contribution < -0.4 is 4.89 Å². The molecule has 0 spiro atoms. The van der Waals surface area contributed by atoms with Crippen LogP contribution in [0.15, 0.2) is 12.2 Å². The average Bonchev–Trinajstić information content (AvgIpc) is 3.07. The maximum absolute atomic E-state index is 12.6. The zero-order chi connectivity index (χ0) is 37.9. The van der Waals surface area contributed by atoms with Crippen LogP contribution in [0.3, 0.4) is 0 Å². The Morgan fingerprint density at radius 1 is 0.588 bits per heavy atom. The van der Waals surface area contributed by atoms with Gasteiger partial charge in [0.05, 0.1) is 27.7 Å². The smallest absolute Gasteiger partial charge is 0.306 e. The first-order valence-corrected chi connectivity index (χ1v) is 22.4. The van der Waals surface area contributed by atoms with Crippen molar-refractivity contribution in [2.45, 2.75) is 193 Å². The molecule has 0 aromatic carbocycles. The van der Waals surface area contributed by atoms with E-state index in [9.17, 15) is 19.0 Å². The van der Waals surface area contributed by atoms with E-state index in [1.165, 1.54) is 116 Å². The lowest BCUT2D eigenvalue weighted by Crippen LogP contribution is -2.37. The topological polar surface area (TPSA) is 111 Å². The van der Waals surface area contributed by atoms with Gasteiger partial charge in [-0.2, -0.15) is 0 Å². The van der Waals surface area contributed by atoms with E-state index in [1.807, 2.05) is 21.1 Å². The molecule has 0 saturated carbocycles. The minimum absolute atomic E-state index is 0.0313. The van der Waals surface area contributed by atoms with Crippen LogP contribution in [0.2, 0.25) is 0 Å². The van der Waals surface area contributed by atoms with E-state index in [4.69, 9.17) is 18.5 Å². The van der Waals surface area contributed by atoms with Crippen molar-refractivity contribution in [2.24, 2.45) is 0 Å². The van der Waals surface area contributed by atoms with Gasteiger partial charge in [-0.3, -0.25) is 14.2 Å². The van der Waals surface area contributed by atoms with Crippen molar-refractivity contribution < 1.29 is 42.1 Å². The van der Waals surface area contributed by atoms with E-state index in [0.717, 1.165) is 38.5 Å². The largest absolute Gasteiger partial charge is 0.756 e. The second kappa shape index (κ2) is 34.5. The van der Waals surface area contributed by atoms with Crippen LogP contribution in [0.1, 0.15) is 187 Å². The van der Waals surface area contributed by atoms with E-state index < -0.39 is 26.5 Å². The molecular formula is C41H80NO8P. The molecular weight excluding hydrogens is 665 g/mol. The maximum atomic E-state index is 12.6. The Morgan fingerprint density at radius 3 is 1.49 bits per heavy atom. The molecule has 10 heteroatoms. The number of hydrogen-bond acceptors (Lipinski definition) is 8. The zero-order valence-electron chi connectivity index (χ0n) is 33.8. The number of carbonyl (C=O) groups excluding carboxylic acids is 2. The summed E-state index contributed by atoms with van der Waals surface area (Å²) in [5.74, 6) is -0.854. The molecule has 0 amide bonds. The molecule has 0 aliphatic heterocycles. The van der Waals surface area contributed by atoms with E-state index in [1.54, 1.807) is 0 Å². The Hall–Kier alpha value is -1.25. The number of hydrogen-bond donors (Lipinski definition) is 0. The quantitative estimate of drug-likeness (QED) is 0.0202. The number of phosphoric acid groups is 1. The van der Waals surface area contributed by atoms with Gasteiger partial charge >= 0.3 is 11.9 Å². The fourth-order valence-corrected chi connectivity index (χ4v) is 6.44. The molecule has 0 rings (SSSR count). The summed E-state index contributed by atoms with van der Waals surface area (Å²) in [6.45, 7) is 4.21. The second-order valence-corrected chi connectivity index (χ2v) is 16.8. The second-order valence-electron chi connectivity index (χ2n) is 15.4.